The fourth-order valence-electron chi connectivity index (χ4n) is 1.05. The van der Waals surface area contributed by atoms with Crippen molar-refractivity contribution >= 4 is 0 Å². The highest BCUT2D eigenvalue weighted by atomic mass is 19.4. The second-order valence-corrected chi connectivity index (χ2v) is 2.73. The quantitative estimate of drug-likeness (QED) is 0.630. The summed E-state index contributed by atoms with van der Waals surface area (Å²) < 4.78 is 37.4. The van der Waals surface area contributed by atoms with Crippen molar-refractivity contribution in [2.24, 2.45) is 0 Å². The molecule has 0 saturated carbocycles. The minimum Gasteiger partial charge on any atom is -0.192 e. The van der Waals surface area contributed by atoms with Crippen LogP contribution in [0.25, 0.3) is 0 Å². The molecule has 0 aliphatic carbocycles. The topological polar surface area (TPSA) is 47.6 Å². The molecule has 0 N–H and O–H groups in total. The average molecular weight is 220 g/mol. The third-order valence-electron chi connectivity index (χ3n) is 1.71. The third kappa shape index (κ3) is 2.53. The molecule has 0 aromatic heterocycles. The second kappa shape index (κ2) is 4.38. The van der Waals surface area contributed by atoms with Crippen LogP contribution in [0.3, 0.4) is 0 Å². The zero-order chi connectivity index (χ0) is 12.2. The summed E-state index contributed by atoms with van der Waals surface area (Å²) in [6, 6.07) is 5.99. The van der Waals surface area contributed by atoms with E-state index in [1.165, 1.54) is 18.2 Å². The van der Waals surface area contributed by atoms with Gasteiger partial charge in [0.1, 0.15) is 0 Å². The van der Waals surface area contributed by atoms with Gasteiger partial charge in [0.25, 0.3) is 0 Å². The Morgan fingerprint density at radius 3 is 2.31 bits per heavy atom. The number of nitriles is 2. The molecule has 0 fully saturated rings. The molecule has 0 radical (unpaired) electrons. The van der Waals surface area contributed by atoms with Gasteiger partial charge in [0, 0.05) is 11.5 Å². The highest BCUT2D eigenvalue weighted by molar-refractivity contribution is 5.47. The van der Waals surface area contributed by atoms with E-state index in [4.69, 9.17) is 10.5 Å². The van der Waals surface area contributed by atoms with E-state index in [0.29, 0.717) is 0 Å². The van der Waals surface area contributed by atoms with Crippen molar-refractivity contribution in [3.05, 3.63) is 34.9 Å². The predicted molar refractivity (Wildman–Crippen MR) is 48.7 cm³/mol. The van der Waals surface area contributed by atoms with Crippen LogP contribution in [-0.2, 0) is 6.18 Å². The second-order valence-electron chi connectivity index (χ2n) is 2.73. The summed E-state index contributed by atoms with van der Waals surface area (Å²) in [6.45, 7) is 0. The van der Waals surface area contributed by atoms with E-state index in [1.54, 1.807) is 0 Å². The average Bonchev–Trinajstić information content (AvgIpc) is 2.24. The van der Waals surface area contributed by atoms with Crippen LogP contribution < -0.4 is 0 Å². The minimum atomic E-state index is -4.60. The Hall–Kier alpha value is -2.45. The zero-order valence-electron chi connectivity index (χ0n) is 7.76. The first-order valence-electron chi connectivity index (χ1n) is 4.00. The molecule has 1 aromatic rings. The normalized spacial score (nSPS) is 9.56. The first kappa shape index (κ1) is 11.6. The van der Waals surface area contributed by atoms with Gasteiger partial charge >= 0.3 is 6.18 Å². The van der Waals surface area contributed by atoms with E-state index in [-0.39, 0.29) is 5.56 Å². The standard InChI is InChI=1S/C11H3F3N2/c12-11(13,14)10-6-8(2-1-5-15)3-4-9(10)7-16/h3-4,6H. The molecule has 5 heteroatoms. The van der Waals surface area contributed by atoms with Gasteiger partial charge in [-0.1, -0.05) is 5.92 Å². The van der Waals surface area contributed by atoms with E-state index < -0.39 is 17.3 Å². The third-order valence-corrected chi connectivity index (χ3v) is 1.71. The number of alkyl halides is 3. The van der Waals surface area contributed by atoms with Crippen molar-refractivity contribution < 1.29 is 13.2 Å². The Morgan fingerprint density at radius 2 is 1.81 bits per heavy atom. The van der Waals surface area contributed by atoms with Crippen molar-refractivity contribution in [1.29, 1.82) is 10.5 Å². The van der Waals surface area contributed by atoms with Crippen LogP contribution in [0.1, 0.15) is 16.7 Å². The lowest BCUT2D eigenvalue weighted by Crippen LogP contribution is -2.08. The van der Waals surface area contributed by atoms with Crippen molar-refractivity contribution in [2.45, 2.75) is 6.18 Å². The molecule has 0 aliphatic rings. The number of benzene rings is 1. The number of hydrogen-bond acceptors (Lipinski definition) is 2. The van der Waals surface area contributed by atoms with Gasteiger partial charge in [0.05, 0.1) is 17.2 Å². The van der Waals surface area contributed by atoms with Gasteiger partial charge in [-0.25, -0.2) is 0 Å². The van der Waals surface area contributed by atoms with Gasteiger partial charge in [-0.3, -0.25) is 0 Å². The molecule has 0 bridgehead atoms. The van der Waals surface area contributed by atoms with Crippen LogP contribution in [0.2, 0.25) is 0 Å². The highest BCUT2D eigenvalue weighted by Gasteiger charge is 2.33. The molecular formula is C11H3F3N2. The number of hydrogen-bond donors (Lipinski definition) is 0. The Balaban J connectivity index is 3.36. The van der Waals surface area contributed by atoms with Crippen LogP contribution >= 0.6 is 0 Å². The Labute approximate surface area is 89.5 Å². The molecule has 0 atom stereocenters. The lowest BCUT2D eigenvalue weighted by atomic mass is 10.0. The van der Waals surface area contributed by atoms with E-state index in [1.807, 2.05) is 5.92 Å². The maximum absolute atomic E-state index is 12.5. The van der Waals surface area contributed by atoms with E-state index in [0.717, 1.165) is 12.1 Å². The summed E-state index contributed by atoms with van der Waals surface area (Å²) in [7, 11) is 0. The van der Waals surface area contributed by atoms with Crippen LogP contribution in [0.4, 0.5) is 13.2 Å². The molecule has 0 saturated heterocycles. The lowest BCUT2D eigenvalue weighted by molar-refractivity contribution is -0.137. The summed E-state index contributed by atoms with van der Waals surface area (Å²) in [5.74, 6) is 4.22. The maximum atomic E-state index is 12.5. The van der Waals surface area contributed by atoms with Crippen LogP contribution in [0.15, 0.2) is 18.2 Å². The van der Waals surface area contributed by atoms with Gasteiger partial charge in [0.2, 0.25) is 0 Å². The van der Waals surface area contributed by atoms with Crippen molar-refractivity contribution in [2.75, 3.05) is 0 Å². The molecule has 0 aliphatic heterocycles. The molecule has 1 rings (SSSR count). The molecule has 0 heterocycles. The number of nitrogens with zero attached hydrogens (tertiary/aromatic N) is 2. The molecule has 78 valence electrons. The molecular weight excluding hydrogens is 217 g/mol. The van der Waals surface area contributed by atoms with E-state index in [9.17, 15) is 13.2 Å². The van der Waals surface area contributed by atoms with Gasteiger partial charge in [0.15, 0.2) is 6.07 Å². The fourth-order valence-corrected chi connectivity index (χ4v) is 1.05. The number of halogens is 3. The molecule has 16 heavy (non-hydrogen) atoms. The largest absolute Gasteiger partial charge is 0.417 e. The van der Waals surface area contributed by atoms with E-state index in [2.05, 4.69) is 5.92 Å². The van der Waals surface area contributed by atoms with Crippen LogP contribution in [0, 0.1) is 34.5 Å². The maximum Gasteiger partial charge on any atom is 0.417 e. The lowest BCUT2D eigenvalue weighted by Gasteiger charge is -2.08. The summed E-state index contributed by atoms with van der Waals surface area (Å²) in [5, 5.41) is 16.7. The smallest absolute Gasteiger partial charge is 0.192 e. The zero-order valence-corrected chi connectivity index (χ0v) is 7.76. The summed E-state index contributed by atoms with van der Waals surface area (Å²) in [6.07, 6.45) is -4.60. The Morgan fingerprint density at radius 1 is 1.12 bits per heavy atom. The van der Waals surface area contributed by atoms with Crippen LogP contribution in [-0.4, -0.2) is 0 Å². The monoisotopic (exact) mass is 220 g/mol. The molecule has 0 spiro atoms. The highest BCUT2D eigenvalue weighted by Crippen LogP contribution is 2.32. The first-order chi connectivity index (χ1) is 7.49. The molecule has 0 unspecified atom stereocenters. The predicted octanol–water partition coefficient (Wildman–Crippen LogP) is 2.45. The van der Waals surface area contributed by atoms with Crippen LogP contribution in [0.5, 0.6) is 0 Å². The SMILES string of the molecule is N#CC#Cc1ccc(C#N)c(C(F)(F)F)c1. The summed E-state index contributed by atoms with van der Waals surface area (Å²) in [4.78, 5) is 0. The Bertz CT molecular complexity index is 548. The van der Waals surface area contributed by atoms with Crippen molar-refractivity contribution in [1.82, 2.24) is 0 Å². The fraction of sp³-hybridized carbons (Fsp3) is 0.0909. The van der Waals surface area contributed by atoms with Gasteiger partial charge in [-0.05, 0) is 18.2 Å². The van der Waals surface area contributed by atoms with Gasteiger partial charge in [-0.15, -0.1) is 0 Å². The minimum absolute atomic E-state index is 0.0490. The Kier molecular flexibility index (Phi) is 3.18. The molecule has 0 amide bonds. The first-order valence-corrected chi connectivity index (χ1v) is 4.00. The molecule has 2 nitrogen and oxygen atoms in total. The van der Waals surface area contributed by atoms with Crippen molar-refractivity contribution in [3.63, 3.8) is 0 Å². The van der Waals surface area contributed by atoms with Crippen molar-refractivity contribution in [3.8, 4) is 24.0 Å². The van der Waals surface area contributed by atoms with Gasteiger partial charge < -0.3 is 0 Å². The molecule has 1 aromatic carbocycles. The van der Waals surface area contributed by atoms with E-state index >= 15 is 0 Å². The number of rotatable bonds is 0. The van der Waals surface area contributed by atoms with Gasteiger partial charge in [-0.2, -0.15) is 23.7 Å². The summed E-state index contributed by atoms with van der Waals surface area (Å²) >= 11 is 0. The summed E-state index contributed by atoms with van der Waals surface area (Å²) in [5.41, 5.74) is -1.46.